The van der Waals surface area contributed by atoms with E-state index in [2.05, 4.69) is 23.3 Å². The van der Waals surface area contributed by atoms with Gasteiger partial charge >= 0.3 is 0 Å². The highest BCUT2D eigenvalue weighted by Crippen LogP contribution is 1.95. The highest BCUT2D eigenvalue weighted by Gasteiger charge is 2.11. The predicted octanol–water partition coefficient (Wildman–Crippen LogP) is -0.132. The van der Waals surface area contributed by atoms with Gasteiger partial charge in [0.1, 0.15) is 0 Å². The smallest absolute Gasteiger partial charge is 0.0204 e. The molecule has 1 aliphatic rings. The molecule has 1 aliphatic heterocycles. The minimum Gasteiger partial charge on any atom is -0.315 e. The maximum Gasteiger partial charge on any atom is 0.0204 e. The van der Waals surface area contributed by atoms with Gasteiger partial charge in [0.25, 0.3) is 0 Å². The molecule has 0 aromatic rings. The van der Waals surface area contributed by atoms with Gasteiger partial charge in [-0.2, -0.15) is 12.6 Å². The zero-order valence-electron chi connectivity index (χ0n) is 5.56. The molecule has 1 saturated heterocycles. The second kappa shape index (κ2) is 4.14. The van der Waals surface area contributed by atoms with Crippen LogP contribution in [-0.2, 0) is 0 Å². The van der Waals surface area contributed by atoms with Crippen molar-refractivity contribution in [2.45, 2.75) is 12.5 Å². The molecule has 0 aromatic heterocycles. The summed E-state index contributed by atoms with van der Waals surface area (Å²) in [7, 11) is 0. The third kappa shape index (κ3) is 2.56. The average Bonchev–Trinajstić information content (AvgIpc) is 2.34. The molecule has 2 N–H and O–H groups in total. The fourth-order valence-electron chi connectivity index (χ4n) is 1.10. The molecule has 1 heterocycles. The van der Waals surface area contributed by atoms with Gasteiger partial charge in [0.05, 0.1) is 0 Å². The van der Waals surface area contributed by atoms with E-state index in [1.54, 1.807) is 0 Å². The Labute approximate surface area is 61.8 Å². The summed E-state index contributed by atoms with van der Waals surface area (Å²) in [5.74, 6) is 0.941. The average molecular weight is 146 g/mol. The lowest BCUT2D eigenvalue weighted by Crippen LogP contribution is -2.32. The minimum absolute atomic E-state index is 0.706. The summed E-state index contributed by atoms with van der Waals surface area (Å²) in [4.78, 5) is 0. The van der Waals surface area contributed by atoms with Crippen LogP contribution in [0.25, 0.3) is 0 Å². The molecule has 3 heteroatoms. The van der Waals surface area contributed by atoms with E-state index in [4.69, 9.17) is 0 Å². The largest absolute Gasteiger partial charge is 0.315 e. The van der Waals surface area contributed by atoms with E-state index in [1.807, 2.05) is 0 Å². The van der Waals surface area contributed by atoms with Gasteiger partial charge in [-0.15, -0.1) is 0 Å². The highest BCUT2D eigenvalue weighted by atomic mass is 32.1. The summed E-state index contributed by atoms with van der Waals surface area (Å²) in [6, 6.07) is 0.706. The Morgan fingerprint density at radius 3 is 3.11 bits per heavy atom. The second-order valence-electron chi connectivity index (χ2n) is 2.37. The SMILES string of the molecule is SCCNC1CCNC1. The highest BCUT2D eigenvalue weighted by molar-refractivity contribution is 7.80. The predicted molar refractivity (Wildman–Crippen MR) is 43.1 cm³/mol. The normalized spacial score (nSPS) is 27.0. The van der Waals surface area contributed by atoms with Crippen LogP contribution in [0.3, 0.4) is 0 Å². The van der Waals surface area contributed by atoms with Gasteiger partial charge in [-0.1, -0.05) is 0 Å². The third-order valence-electron chi connectivity index (χ3n) is 1.61. The molecule has 1 unspecified atom stereocenters. The molecular weight excluding hydrogens is 132 g/mol. The van der Waals surface area contributed by atoms with Crippen LogP contribution in [0.1, 0.15) is 6.42 Å². The molecule has 0 bridgehead atoms. The van der Waals surface area contributed by atoms with E-state index in [1.165, 1.54) is 13.0 Å². The van der Waals surface area contributed by atoms with Gasteiger partial charge in [-0.05, 0) is 13.0 Å². The Balaban J connectivity index is 1.98. The summed E-state index contributed by atoms with van der Waals surface area (Å²) in [6.07, 6.45) is 1.27. The van der Waals surface area contributed by atoms with E-state index in [0.717, 1.165) is 18.8 Å². The molecule has 1 atom stereocenters. The third-order valence-corrected chi connectivity index (χ3v) is 1.83. The van der Waals surface area contributed by atoms with E-state index < -0.39 is 0 Å². The lowest BCUT2D eigenvalue weighted by Gasteiger charge is -2.08. The Bertz CT molecular complexity index is 71.5. The van der Waals surface area contributed by atoms with Crippen LogP contribution in [0.4, 0.5) is 0 Å². The van der Waals surface area contributed by atoms with Crippen molar-refractivity contribution in [2.24, 2.45) is 0 Å². The molecule has 1 rings (SSSR count). The van der Waals surface area contributed by atoms with Gasteiger partial charge in [-0.3, -0.25) is 0 Å². The lowest BCUT2D eigenvalue weighted by molar-refractivity contribution is 0.570. The first-order chi connectivity index (χ1) is 4.43. The Morgan fingerprint density at radius 1 is 1.67 bits per heavy atom. The van der Waals surface area contributed by atoms with Crippen molar-refractivity contribution < 1.29 is 0 Å². The van der Waals surface area contributed by atoms with Crippen molar-refractivity contribution >= 4 is 12.6 Å². The van der Waals surface area contributed by atoms with Crippen LogP contribution in [0.5, 0.6) is 0 Å². The zero-order chi connectivity index (χ0) is 6.53. The molecular formula is C6H14N2S. The molecule has 54 valence electrons. The molecule has 0 aliphatic carbocycles. The summed E-state index contributed by atoms with van der Waals surface area (Å²) < 4.78 is 0. The first kappa shape index (κ1) is 7.38. The van der Waals surface area contributed by atoms with Gasteiger partial charge in [0.15, 0.2) is 0 Å². The molecule has 0 saturated carbocycles. The standard InChI is InChI=1S/C6H14N2S/c9-4-3-8-6-1-2-7-5-6/h6-9H,1-5H2. The Morgan fingerprint density at radius 2 is 2.56 bits per heavy atom. The zero-order valence-corrected chi connectivity index (χ0v) is 6.45. The molecule has 0 spiro atoms. The Kier molecular flexibility index (Phi) is 3.40. The first-order valence-corrected chi connectivity index (χ1v) is 4.11. The van der Waals surface area contributed by atoms with Crippen LogP contribution >= 0.6 is 12.6 Å². The van der Waals surface area contributed by atoms with E-state index >= 15 is 0 Å². The fraction of sp³-hybridized carbons (Fsp3) is 1.00. The van der Waals surface area contributed by atoms with Gasteiger partial charge in [-0.25, -0.2) is 0 Å². The van der Waals surface area contributed by atoms with Crippen LogP contribution < -0.4 is 10.6 Å². The van der Waals surface area contributed by atoms with Crippen molar-refractivity contribution in [1.82, 2.24) is 10.6 Å². The van der Waals surface area contributed by atoms with Crippen molar-refractivity contribution in [3.05, 3.63) is 0 Å². The quantitative estimate of drug-likeness (QED) is 0.483. The number of thiol groups is 1. The summed E-state index contributed by atoms with van der Waals surface area (Å²) in [5.41, 5.74) is 0. The van der Waals surface area contributed by atoms with E-state index in [9.17, 15) is 0 Å². The summed E-state index contributed by atoms with van der Waals surface area (Å²) in [5, 5.41) is 6.69. The van der Waals surface area contributed by atoms with Crippen molar-refractivity contribution in [3.8, 4) is 0 Å². The van der Waals surface area contributed by atoms with Crippen molar-refractivity contribution in [2.75, 3.05) is 25.4 Å². The van der Waals surface area contributed by atoms with Crippen molar-refractivity contribution in [1.29, 1.82) is 0 Å². The van der Waals surface area contributed by atoms with Crippen LogP contribution in [0.15, 0.2) is 0 Å². The van der Waals surface area contributed by atoms with Crippen LogP contribution in [0, 0.1) is 0 Å². The molecule has 2 nitrogen and oxygen atoms in total. The number of hydrogen-bond donors (Lipinski definition) is 3. The number of hydrogen-bond acceptors (Lipinski definition) is 3. The molecule has 0 radical (unpaired) electrons. The van der Waals surface area contributed by atoms with E-state index in [0.29, 0.717) is 6.04 Å². The fourth-order valence-corrected chi connectivity index (χ4v) is 1.23. The molecule has 0 aromatic carbocycles. The molecule has 1 fully saturated rings. The van der Waals surface area contributed by atoms with Gasteiger partial charge in [0.2, 0.25) is 0 Å². The van der Waals surface area contributed by atoms with Crippen molar-refractivity contribution in [3.63, 3.8) is 0 Å². The van der Waals surface area contributed by atoms with E-state index in [-0.39, 0.29) is 0 Å². The van der Waals surface area contributed by atoms with Gasteiger partial charge in [0, 0.05) is 24.9 Å². The lowest BCUT2D eigenvalue weighted by atomic mass is 10.3. The molecule has 0 amide bonds. The summed E-state index contributed by atoms with van der Waals surface area (Å²) in [6.45, 7) is 3.34. The monoisotopic (exact) mass is 146 g/mol. The second-order valence-corrected chi connectivity index (χ2v) is 2.81. The summed E-state index contributed by atoms with van der Waals surface area (Å²) >= 11 is 4.11. The first-order valence-electron chi connectivity index (χ1n) is 3.48. The number of nitrogens with one attached hydrogen (secondary N) is 2. The number of rotatable bonds is 3. The molecule has 9 heavy (non-hydrogen) atoms. The Hall–Kier alpha value is 0.270. The minimum atomic E-state index is 0.706. The topological polar surface area (TPSA) is 24.1 Å². The maximum absolute atomic E-state index is 4.11. The van der Waals surface area contributed by atoms with Gasteiger partial charge < -0.3 is 10.6 Å². The maximum atomic E-state index is 4.11. The van der Waals surface area contributed by atoms with Crippen LogP contribution in [0.2, 0.25) is 0 Å². The van der Waals surface area contributed by atoms with Crippen LogP contribution in [-0.4, -0.2) is 31.4 Å².